The Morgan fingerprint density at radius 1 is 1.46 bits per heavy atom. The molecule has 0 bridgehead atoms. The van der Waals surface area contributed by atoms with Gasteiger partial charge in [-0.25, -0.2) is 0 Å². The summed E-state index contributed by atoms with van der Waals surface area (Å²) < 4.78 is 0.882. The quantitative estimate of drug-likeness (QED) is 0.604. The van der Waals surface area contributed by atoms with Gasteiger partial charge in [-0.05, 0) is 18.2 Å². The van der Waals surface area contributed by atoms with E-state index >= 15 is 0 Å². The van der Waals surface area contributed by atoms with Crippen molar-refractivity contribution in [3.8, 4) is 0 Å². The first kappa shape index (κ1) is 11.2. The standard InChI is InChI=1S/C9H7Br2ClO/c10-4-3-9(13)7-2-1-6(11)5-8(7)12/h1-2,5H,3-4H2. The lowest BCUT2D eigenvalue weighted by Crippen LogP contribution is -2.00. The van der Waals surface area contributed by atoms with E-state index in [1.807, 2.05) is 6.07 Å². The predicted molar refractivity (Wildman–Crippen MR) is 61.9 cm³/mol. The van der Waals surface area contributed by atoms with Gasteiger partial charge in [0.05, 0.1) is 5.02 Å². The van der Waals surface area contributed by atoms with Gasteiger partial charge in [0.25, 0.3) is 0 Å². The van der Waals surface area contributed by atoms with Crippen molar-refractivity contribution in [3.63, 3.8) is 0 Å². The lowest BCUT2D eigenvalue weighted by Gasteiger charge is -2.01. The minimum absolute atomic E-state index is 0.0642. The molecule has 0 amide bonds. The van der Waals surface area contributed by atoms with Crippen molar-refractivity contribution in [2.45, 2.75) is 6.42 Å². The van der Waals surface area contributed by atoms with E-state index in [1.165, 1.54) is 0 Å². The number of alkyl halides is 1. The third kappa shape index (κ3) is 3.08. The Bertz CT molecular complexity index is 325. The Labute approximate surface area is 98.7 Å². The van der Waals surface area contributed by atoms with Crippen molar-refractivity contribution in [2.24, 2.45) is 0 Å². The molecule has 1 nitrogen and oxygen atoms in total. The Kier molecular flexibility index (Phi) is 4.42. The average Bonchev–Trinajstić information content (AvgIpc) is 2.04. The number of hydrogen-bond acceptors (Lipinski definition) is 1. The SMILES string of the molecule is O=C(CCBr)c1ccc(Br)cc1Cl. The molecule has 0 saturated carbocycles. The van der Waals surface area contributed by atoms with Gasteiger partial charge < -0.3 is 0 Å². The van der Waals surface area contributed by atoms with E-state index in [0.29, 0.717) is 22.3 Å². The molecule has 0 fully saturated rings. The molecule has 0 aliphatic carbocycles. The molecule has 13 heavy (non-hydrogen) atoms. The van der Waals surface area contributed by atoms with Gasteiger partial charge in [0.1, 0.15) is 0 Å². The number of benzene rings is 1. The lowest BCUT2D eigenvalue weighted by atomic mass is 10.1. The van der Waals surface area contributed by atoms with Gasteiger partial charge in [0.2, 0.25) is 0 Å². The second-order valence-electron chi connectivity index (χ2n) is 2.49. The Morgan fingerprint density at radius 2 is 2.15 bits per heavy atom. The highest BCUT2D eigenvalue weighted by Crippen LogP contribution is 2.22. The van der Waals surface area contributed by atoms with Gasteiger partial charge >= 0.3 is 0 Å². The van der Waals surface area contributed by atoms with Crippen LogP contribution in [0.5, 0.6) is 0 Å². The third-order valence-electron chi connectivity index (χ3n) is 1.55. The van der Waals surface area contributed by atoms with Gasteiger partial charge in [-0.2, -0.15) is 0 Å². The first-order valence-corrected chi connectivity index (χ1v) is 5.98. The summed E-state index contributed by atoms with van der Waals surface area (Å²) in [5.41, 5.74) is 0.587. The van der Waals surface area contributed by atoms with Crippen molar-refractivity contribution >= 4 is 49.2 Å². The fourth-order valence-electron chi connectivity index (χ4n) is 0.936. The fraction of sp³-hybridized carbons (Fsp3) is 0.222. The van der Waals surface area contributed by atoms with Gasteiger partial charge in [0, 0.05) is 21.8 Å². The maximum Gasteiger partial charge on any atom is 0.165 e. The van der Waals surface area contributed by atoms with Crippen LogP contribution in [0.2, 0.25) is 5.02 Å². The summed E-state index contributed by atoms with van der Waals surface area (Å²) >= 11 is 12.4. The van der Waals surface area contributed by atoms with Crippen LogP contribution in [0.4, 0.5) is 0 Å². The van der Waals surface area contributed by atoms with E-state index in [1.54, 1.807) is 12.1 Å². The largest absolute Gasteiger partial charge is 0.294 e. The monoisotopic (exact) mass is 324 g/mol. The third-order valence-corrected chi connectivity index (χ3v) is 2.76. The van der Waals surface area contributed by atoms with Crippen molar-refractivity contribution in [2.75, 3.05) is 5.33 Å². The maximum atomic E-state index is 11.4. The van der Waals surface area contributed by atoms with E-state index in [0.717, 1.165) is 4.47 Å². The highest BCUT2D eigenvalue weighted by molar-refractivity contribution is 9.10. The molecule has 0 aromatic heterocycles. The predicted octanol–water partition coefficient (Wildman–Crippen LogP) is 4.07. The fourth-order valence-corrected chi connectivity index (χ4v) is 2.08. The van der Waals surface area contributed by atoms with Crippen LogP contribution >= 0.6 is 43.5 Å². The molecule has 1 aromatic carbocycles. The van der Waals surface area contributed by atoms with Crippen LogP contribution in [0.3, 0.4) is 0 Å². The summed E-state index contributed by atoms with van der Waals surface area (Å²) in [5.74, 6) is 0.0642. The number of ketones is 1. The van der Waals surface area contributed by atoms with Crippen molar-refractivity contribution in [3.05, 3.63) is 33.3 Å². The van der Waals surface area contributed by atoms with Crippen LogP contribution in [-0.4, -0.2) is 11.1 Å². The van der Waals surface area contributed by atoms with Gasteiger partial charge in [-0.3, -0.25) is 4.79 Å². The number of carbonyl (C=O) groups is 1. The molecule has 1 rings (SSSR count). The molecule has 0 saturated heterocycles. The van der Waals surface area contributed by atoms with Crippen LogP contribution in [-0.2, 0) is 0 Å². The summed E-state index contributed by atoms with van der Waals surface area (Å²) in [6, 6.07) is 5.27. The number of Topliss-reactive ketones (excluding diaryl/α,β-unsaturated/α-hetero) is 1. The number of carbonyl (C=O) groups excluding carboxylic acids is 1. The van der Waals surface area contributed by atoms with Crippen LogP contribution < -0.4 is 0 Å². The minimum atomic E-state index is 0.0642. The summed E-state index contributed by atoms with van der Waals surface area (Å²) in [7, 11) is 0. The molecule has 0 unspecified atom stereocenters. The zero-order valence-corrected chi connectivity index (χ0v) is 10.6. The number of halogens is 3. The summed E-state index contributed by atoms with van der Waals surface area (Å²) in [6.45, 7) is 0. The van der Waals surface area contributed by atoms with Crippen LogP contribution in [0.25, 0.3) is 0 Å². The molecule has 0 aliphatic rings. The Hall–Kier alpha value is 0.140. The first-order chi connectivity index (χ1) is 6.15. The van der Waals surface area contributed by atoms with Crippen molar-refractivity contribution < 1.29 is 4.79 Å². The first-order valence-electron chi connectivity index (χ1n) is 3.69. The van der Waals surface area contributed by atoms with Crippen molar-refractivity contribution in [1.29, 1.82) is 0 Å². The summed E-state index contributed by atoms with van der Waals surface area (Å²) in [4.78, 5) is 11.4. The lowest BCUT2D eigenvalue weighted by molar-refractivity contribution is 0.0990. The Balaban J connectivity index is 2.95. The average molecular weight is 326 g/mol. The molecule has 1 aromatic rings. The van der Waals surface area contributed by atoms with Gasteiger partial charge in [-0.15, -0.1) is 0 Å². The van der Waals surface area contributed by atoms with Crippen LogP contribution in [0, 0.1) is 0 Å². The highest BCUT2D eigenvalue weighted by Gasteiger charge is 2.09. The van der Waals surface area contributed by atoms with E-state index in [-0.39, 0.29) is 5.78 Å². The smallest absolute Gasteiger partial charge is 0.165 e. The van der Waals surface area contributed by atoms with Crippen LogP contribution in [0.1, 0.15) is 16.8 Å². The zero-order valence-electron chi connectivity index (χ0n) is 6.69. The minimum Gasteiger partial charge on any atom is -0.294 e. The second kappa shape index (κ2) is 5.13. The molecule has 0 aliphatic heterocycles. The molecular formula is C9H7Br2ClO. The van der Waals surface area contributed by atoms with E-state index in [4.69, 9.17) is 11.6 Å². The normalized spacial score (nSPS) is 10.1. The second-order valence-corrected chi connectivity index (χ2v) is 4.60. The maximum absolute atomic E-state index is 11.4. The van der Waals surface area contributed by atoms with Crippen LogP contribution in [0.15, 0.2) is 22.7 Å². The van der Waals surface area contributed by atoms with Gasteiger partial charge in [0.15, 0.2) is 5.78 Å². The van der Waals surface area contributed by atoms with Gasteiger partial charge in [-0.1, -0.05) is 43.5 Å². The topological polar surface area (TPSA) is 17.1 Å². The van der Waals surface area contributed by atoms with E-state index < -0.39 is 0 Å². The molecular weight excluding hydrogens is 319 g/mol. The Morgan fingerprint density at radius 3 is 2.69 bits per heavy atom. The summed E-state index contributed by atoms with van der Waals surface area (Å²) in [6.07, 6.45) is 0.474. The molecule has 70 valence electrons. The van der Waals surface area contributed by atoms with E-state index in [2.05, 4.69) is 31.9 Å². The number of hydrogen-bond donors (Lipinski definition) is 0. The summed E-state index contributed by atoms with van der Waals surface area (Å²) in [5, 5.41) is 1.17. The zero-order chi connectivity index (χ0) is 9.84. The molecule has 0 atom stereocenters. The molecule has 0 radical (unpaired) electrons. The highest BCUT2D eigenvalue weighted by atomic mass is 79.9. The molecule has 0 spiro atoms. The molecule has 0 N–H and O–H groups in total. The molecule has 4 heteroatoms. The number of rotatable bonds is 3. The van der Waals surface area contributed by atoms with Crippen molar-refractivity contribution in [1.82, 2.24) is 0 Å². The molecule has 0 heterocycles. The van der Waals surface area contributed by atoms with E-state index in [9.17, 15) is 4.79 Å².